The number of halogens is 2. The Morgan fingerprint density at radius 3 is 2.86 bits per heavy atom. The maximum Gasteiger partial charge on any atom is 0.216 e. The number of ether oxygens (including phenoxy) is 1. The molecule has 1 N–H and O–H groups in total. The Bertz CT molecular complexity index is 609. The van der Waals surface area contributed by atoms with E-state index in [1.54, 1.807) is 19.2 Å². The molecular formula is C15H17BrFN3O. The minimum Gasteiger partial charge on any atom is -0.481 e. The van der Waals surface area contributed by atoms with Gasteiger partial charge in [-0.15, -0.1) is 0 Å². The maximum absolute atomic E-state index is 13.5. The van der Waals surface area contributed by atoms with E-state index < -0.39 is 0 Å². The Kier molecular flexibility index (Phi) is 5.64. The lowest BCUT2D eigenvalue weighted by Crippen LogP contribution is -2.24. The Hall–Kier alpha value is -1.53. The van der Waals surface area contributed by atoms with Crippen molar-refractivity contribution < 1.29 is 9.13 Å². The van der Waals surface area contributed by atoms with Gasteiger partial charge in [0.1, 0.15) is 12.1 Å². The fourth-order valence-electron chi connectivity index (χ4n) is 2.13. The van der Waals surface area contributed by atoms with Crippen molar-refractivity contribution in [3.8, 4) is 5.88 Å². The zero-order valence-electron chi connectivity index (χ0n) is 11.9. The number of likely N-dealkylation sites (N-methyl/N-ethyl adjacent to an activating group) is 1. The van der Waals surface area contributed by atoms with Crippen LogP contribution in [0.3, 0.4) is 0 Å². The highest BCUT2D eigenvalue weighted by atomic mass is 79.9. The molecule has 0 fully saturated rings. The summed E-state index contributed by atoms with van der Waals surface area (Å²) in [4.78, 5) is 8.24. The number of hydrogen-bond acceptors (Lipinski definition) is 4. The number of rotatable bonds is 6. The van der Waals surface area contributed by atoms with E-state index in [0.29, 0.717) is 12.3 Å². The average Bonchev–Trinajstić information content (AvgIpc) is 2.49. The van der Waals surface area contributed by atoms with Crippen molar-refractivity contribution in [2.45, 2.75) is 19.4 Å². The van der Waals surface area contributed by atoms with E-state index in [4.69, 9.17) is 4.74 Å². The lowest BCUT2D eigenvalue weighted by atomic mass is 10.0. The molecule has 1 atom stereocenters. The first-order chi connectivity index (χ1) is 10.1. The number of nitrogens with one attached hydrogen (secondary N) is 1. The van der Waals surface area contributed by atoms with Gasteiger partial charge in [-0.2, -0.15) is 0 Å². The summed E-state index contributed by atoms with van der Waals surface area (Å²) in [7, 11) is 1.57. The predicted octanol–water partition coefficient (Wildman–Crippen LogP) is 3.28. The first kappa shape index (κ1) is 15.9. The van der Waals surface area contributed by atoms with Gasteiger partial charge >= 0.3 is 0 Å². The maximum atomic E-state index is 13.5. The third-order valence-electron chi connectivity index (χ3n) is 3.11. The summed E-state index contributed by atoms with van der Waals surface area (Å²) in [5, 5.41) is 3.36. The molecule has 0 saturated heterocycles. The number of hydrogen-bond donors (Lipinski definition) is 1. The highest BCUT2D eigenvalue weighted by Gasteiger charge is 2.16. The molecule has 2 rings (SSSR count). The molecule has 0 aliphatic carbocycles. The summed E-state index contributed by atoms with van der Waals surface area (Å²) >= 11 is 3.48. The standard InChI is InChI=1S/C15H17BrFN3O/c1-3-18-14(12-6-10(17)4-5-13(12)16)7-11-8-15(21-2)20-9-19-11/h4-6,8-9,14,18H,3,7H2,1-2H3. The number of methoxy groups -OCH3 is 1. The lowest BCUT2D eigenvalue weighted by Gasteiger charge is -2.19. The van der Waals surface area contributed by atoms with Crippen LogP contribution in [-0.2, 0) is 6.42 Å². The van der Waals surface area contributed by atoms with Gasteiger partial charge in [0, 0.05) is 28.7 Å². The zero-order valence-corrected chi connectivity index (χ0v) is 13.5. The van der Waals surface area contributed by atoms with Crippen molar-refractivity contribution in [1.82, 2.24) is 15.3 Å². The van der Waals surface area contributed by atoms with Gasteiger partial charge in [0.15, 0.2) is 0 Å². The normalized spacial score (nSPS) is 12.2. The molecular weight excluding hydrogens is 337 g/mol. The van der Waals surface area contributed by atoms with Gasteiger partial charge in [-0.1, -0.05) is 22.9 Å². The van der Waals surface area contributed by atoms with Crippen LogP contribution in [0.4, 0.5) is 4.39 Å². The molecule has 0 amide bonds. The first-order valence-electron chi connectivity index (χ1n) is 6.67. The van der Waals surface area contributed by atoms with Gasteiger partial charge in [-0.3, -0.25) is 0 Å². The van der Waals surface area contributed by atoms with Crippen molar-refractivity contribution >= 4 is 15.9 Å². The first-order valence-corrected chi connectivity index (χ1v) is 7.46. The van der Waals surface area contributed by atoms with Crippen molar-refractivity contribution in [3.05, 3.63) is 52.1 Å². The van der Waals surface area contributed by atoms with Gasteiger partial charge < -0.3 is 10.1 Å². The monoisotopic (exact) mass is 353 g/mol. The SMILES string of the molecule is CCNC(Cc1cc(OC)ncn1)c1cc(F)ccc1Br. The van der Waals surface area contributed by atoms with E-state index in [-0.39, 0.29) is 11.9 Å². The third-order valence-corrected chi connectivity index (χ3v) is 3.83. The van der Waals surface area contributed by atoms with Crippen LogP contribution in [0.2, 0.25) is 0 Å². The van der Waals surface area contributed by atoms with E-state index in [2.05, 4.69) is 31.2 Å². The number of nitrogens with zero attached hydrogens (tertiary/aromatic N) is 2. The second kappa shape index (κ2) is 7.47. The van der Waals surface area contributed by atoms with Crippen molar-refractivity contribution in [3.63, 3.8) is 0 Å². The van der Waals surface area contributed by atoms with E-state index >= 15 is 0 Å². The summed E-state index contributed by atoms with van der Waals surface area (Å²) in [6.07, 6.45) is 2.09. The molecule has 0 bridgehead atoms. The van der Waals surface area contributed by atoms with Crippen molar-refractivity contribution in [1.29, 1.82) is 0 Å². The largest absolute Gasteiger partial charge is 0.481 e. The summed E-state index contributed by atoms with van der Waals surface area (Å²) in [5.74, 6) is 0.268. The lowest BCUT2D eigenvalue weighted by molar-refractivity contribution is 0.395. The minimum atomic E-state index is -0.253. The molecule has 0 radical (unpaired) electrons. The van der Waals surface area contributed by atoms with Crippen LogP contribution in [0.25, 0.3) is 0 Å². The molecule has 1 aromatic heterocycles. The zero-order chi connectivity index (χ0) is 15.2. The second-order valence-electron chi connectivity index (χ2n) is 4.53. The fraction of sp³-hybridized carbons (Fsp3) is 0.333. The molecule has 1 aromatic carbocycles. The second-order valence-corrected chi connectivity index (χ2v) is 5.39. The fourth-order valence-corrected chi connectivity index (χ4v) is 2.65. The molecule has 1 unspecified atom stereocenters. The molecule has 4 nitrogen and oxygen atoms in total. The van der Waals surface area contributed by atoms with Gasteiger partial charge in [0.05, 0.1) is 7.11 Å². The van der Waals surface area contributed by atoms with Gasteiger partial charge in [0.2, 0.25) is 5.88 Å². The minimum absolute atomic E-state index is 0.0420. The predicted molar refractivity (Wildman–Crippen MR) is 82.8 cm³/mol. The molecule has 112 valence electrons. The Labute approximate surface area is 131 Å². The Morgan fingerprint density at radius 2 is 2.14 bits per heavy atom. The molecule has 6 heteroatoms. The Morgan fingerprint density at radius 1 is 1.33 bits per heavy atom. The molecule has 0 saturated carbocycles. The van der Waals surface area contributed by atoms with Gasteiger partial charge in [-0.25, -0.2) is 14.4 Å². The molecule has 21 heavy (non-hydrogen) atoms. The van der Waals surface area contributed by atoms with Crippen LogP contribution >= 0.6 is 15.9 Å². The summed E-state index contributed by atoms with van der Waals surface area (Å²) in [6.45, 7) is 2.79. The molecule has 0 aliphatic rings. The summed E-state index contributed by atoms with van der Waals surface area (Å²) in [6, 6.07) is 6.44. The molecule has 0 aliphatic heterocycles. The number of benzene rings is 1. The van der Waals surface area contributed by atoms with Gasteiger partial charge in [-0.05, 0) is 30.3 Å². The Balaban J connectivity index is 2.28. The third kappa shape index (κ3) is 4.22. The molecule has 2 aromatic rings. The van der Waals surface area contributed by atoms with Crippen molar-refractivity contribution in [2.24, 2.45) is 0 Å². The van der Waals surface area contributed by atoms with E-state index in [9.17, 15) is 4.39 Å². The van der Waals surface area contributed by atoms with Crippen LogP contribution in [0.5, 0.6) is 5.88 Å². The topological polar surface area (TPSA) is 47.0 Å². The molecule has 0 spiro atoms. The molecule has 1 heterocycles. The van der Waals surface area contributed by atoms with E-state index in [1.165, 1.54) is 18.5 Å². The highest BCUT2D eigenvalue weighted by molar-refractivity contribution is 9.10. The highest BCUT2D eigenvalue weighted by Crippen LogP contribution is 2.27. The van der Waals surface area contributed by atoms with Gasteiger partial charge in [0.25, 0.3) is 0 Å². The smallest absolute Gasteiger partial charge is 0.216 e. The van der Waals surface area contributed by atoms with Crippen molar-refractivity contribution in [2.75, 3.05) is 13.7 Å². The van der Waals surface area contributed by atoms with Crippen LogP contribution < -0.4 is 10.1 Å². The quantitative estimate of drug-likeness (QED) is 0.865. The summed E-state index contributed by atoms with van der Waals surface area (Å²) in [5.41, 5.74) is 1.71. The number of aromatic nitrogens is 2. The van der Waals surface area contributed by atoms with Crippen LogP contribution in [0, 0.1) is 5.82 Å². The summed E-state index contributed by atoms with van der Waals surface area (Å²) < 4.78 is 19.5. The van der Waals surface area contributed by atoms with E-state index in [0.717, 1.165) is 22.3 Å². The van der Waals surface area contributed by atoms with Crippen LogP contribution in [0.1, 0.15) is 24.2 Å². The van der Waals surface area contributed by atoms with Crippen LogP contribution in [0.15, 0.2) is 35.1 Å². The van der Waals surface area contributed by atoms with E-state index in [1.807, 2.05) is 6.92 Å². The average molecular weight is 354 g/mol. The van der Waals surface area contributed by atoms with Crippen LogP contribution in [-0.4, -0.2) is 23.6 Å².